The van der Waals surface area contributed by atoms with Gasteiger partial charge in [0.05, 0.1) is 12.4 Å². The largest absolute Gasteiger partial charge is 0.468 e. The number of likely N-dealkylation sites (tertiary alicyclic amines) is 1. The second-order valence-electron chi connectivity index (χ2n) is 3.94. The van der Waals surface area contributed by atoms with E-state index in [2.05, 4.69) is 9.64 Å². The molecule has 3 nitrogen and oxygen atoms in total. The quantitative estimate of drug-likeness (QED) is 0.674. The van der Waals surface area contributed by atoms with Crippen LogP contribution in [0.1, 0.15) is 26.2 Å². The molecule has 0 aromatic heterocycles. The van der Waals surface area contributed by atoms with Crippen molar-refractivity contribution in [1.29, 1.82) is 0 Å². The number of carbonyl (C=O) groups excluding carboxylic acids is 1. The molecule has 0 radical (unpaired) electrons. The average Bonchev–Trinajstić information content (AvgIpc) is 2.29. The number of carbonyl (C=O) groups is 1. The van der Waals surface area contributed by atoms with Crippen molar-refractivity contribution < 1.29 is 9.53 Å². The van der Waals surface area contributed by atoms with Crippen molar-refractivity contribution in [2.24, 2.45) is 0 Å². The van der Waals surface area contributed by atoms with Gasteiger partial charge < -0.3 is 9.64 Å². The van der Waals surface area contributed by atoms with E-state index in [9.17, 15) is 4.79 Å². The Bertz CT molecular complexity index is 193. The van der Waals surface area contributed by atoms with E-state index >= 15 is 0 Å². The molecule has 0 aliphatic carbocycles. The van der Waals surface area contributed by atoms with Gasteiger partial charge in [0.1, 0.15) is 0 Å². The zero-order chi connectivity index (χ0) is 11.1. The molecule has 1 saturated heterocycles. The minimum atomic E-state index is -0.112. The number of nitrogens with zero attached hydrogens (tertiary/aromatic N) is 1. The van der Waals surface area contributed by atoms with Crippen LogP contribution in [0.15, 0.2) is 0 Å². The molecule has 88 valence electrons. The van der Waals surface area contributed by atoms with Crippen LogP contribution < -0.4 is 0 Å². The summed E-state index contributed by atoms with van der Waals surface area (Å²) < 4.78 is 4.68. The van der Waals surface area contributed by atoms with Gasteiger partial charge in [0.2, 0.25) is 0 Å². The summed E-state index contributed by atoms with van der Waals surface area (Å²) in [5, 5.41) is -0.0280. The molecule has 1 atom stereocenters. The van der Waals surface area contributed by atoms with Crippen molar-refractivity contribution in [2.45, 2.75) is 31.4 Å². The van der Waals surface area contributed by atoms with E-state index in [1.165, 1.54) is 39.5 Å². The van der Waals surface area contributed by atoms with E-state index in [0.29, 0.717) is 0 Å². The predicted molar refractivity (Wildman–Crippen MR) is 64.2 cm³/mol. The molecule has 0 aromatic rings. The monoisotopic (exact) mass is 231 g/mol. The van der Waals surface area contributed by atoms with Gasteiger partial charge >= 0.3 is 5.97 Å². The Morgan fingerprint density at radius 3 is 2.67 bits per heavy atom. The second kappa shape index (κ2) is 7.12. The lowest BCUT2D eigenvalue weighted by atomic mass is 10.1. The van der Waals surface area contributed by atoms with Crippen molar-refractivity contribution in [2.75, 3.05) is 32.5 Å². The van der Waals surface area contributed by atoms with Crippen molar-refractivity contribution in [3.05, 3.63) is 0 Å². The maximum Gasteiger partial charge on any atom is 0.318 e. The first kappa shape index (κ1) is 12.8. The van der Waals surface area contributed by atoms with E-state index in [1.54, 1.807) is 11.8 Å². The molecule has 0 spiro atoms. The Morgan fingerprint density at radius 2 is 2.07 bits per heavy atom. The minimum Gasteiger partial charge on any atom is -0.468 e. The number of piperidine rings is 1. The second-order valence-corrected chi connectivity index (χ2v) is 5.39. The topological polar surface area (TPSA) is 29.5 Å². The first-order valence-electron chi connectivity index (χ1n) is 5.66. The summed E-state index contributed by atoms with van der Waals surface area (Å²) in [7, 11) is 1.45. The fraction of sp³-hybridized carbons (Fsp3) is 0.909. The highest BCUT2D eigenvalue weighted by Gasteiger charge is 2.14. The van der Waals surface area contributed by atoms with E-state index in [0.717, 1.165) is 12.3 Å². The third-order valence-corrected chi connectivity index (χ3v) is 3.87. The van der Waals surface area contributed by atoms with Crippen LogP contribution in [0, 0.1) is 0 Å². The molecule has 15 heavy (non-hydrogen) atoms. The minimum absolute atomic E-state index is 0.0280. The number of ether oxygens (including phenoxy) is 1. The Hall–Kier alpha value is -0.220. The van der Waals surface area contributed by atoms with Gasteiger partial charge in [-0.1, -0.05) is 6.42 Å². The summed E-state index contributed by atoms with van der Waals surface area (Å²) in [5.74, 6) is 0.912. The number of rotatable bonds is 5. The molecule has 0 amide bonds. The first-order valence-corrected chi connectivity index (χ1v) is 6.70. The number of esters is 1. The van der Waals surface area contributed by atoms with Crippen molar-refractivity contribution >= 4 is 17.7 Å². The van der Waals surface area contributed by atoms with E-state index in [4.69, 9.17) is 0 Å². The van der Waals surface area contributed by atoms with Gasteiger partial charge in [-0.3, -0.25) is 4.79 Å². The normalized spacial score (nSPS) is 19.9. The molecule has 1 rings (SSSR count). The fourth-order valence-electron chi connectivity index (χ4n) is 1.78. The van der Waals surface area contributed by atoms with Crippen LogP contribution >= 0.6 is 11.8 Å². The molecule has 0 aromatic carbocycles. The molecule has 0 saturated carbocycles. The zero-order valence-electron chi connectivity index (χ0n) is 9.70. The predicted octanol–water partition coefficient (Wildman–Crippen LogP) is 1.77. The van der Waals surface area contributed by atoms with Crippen LogP contribution in [0.5, 0.6) is 0 Å². The van der Waals surface area contributed by atoms with Crippen molar-refractivity contribution in [3.8, 4) is 0 Å². The van der Waals surface area contributed by atoms with Gasteiger partial charge in [-0.25, -0.2) is 0 Å². The average molecular weight is 231 g/mol. The van der Waals surface area contributed by atoms with Gasteiger partial charge in [0.25, 0.3) is 0 Å². The van der Waals surface area contributed by atoms with Crippen LogP contribution in [0.3, 0.4) is 0 Å². The van der Waals surface area contributed by atoms with Crippen LogP contribution in [0.2, 0.25) is 0 Å². The standard InChI is InChI=1S/C11H21NO2S/c1-10(11(13)14-2)15-9-8-12-6-4-3-5-7-12/h10H,3-9H2,1-2H3/t10-/m0/s1. The summed E-state index contributed by atoms with van der Waals surface area (Å²) >= 11 is 1.69. The van der Waals surface area contributed by atoms with E-state index in [1.807, 2.05) is 6.92 Å². The Morgan fingerprint density at radius 1 is 1.40 bits per heavy atom. The van der Waals surface area contributed by atoms with E-state index in [-0.39, 0.29) is 11.2 Å². The molecule has 0 unspecified atom stereocenters. The molecule has 4 heteroatoms. The summed E-state index contributed by atoms with van der Waals surface area (Å²) in [4.78, 5) is 13.6. The molecule has 0 bridgehead atoms. The lowest BCUT2D eigenvalue weighted by Gasteiger charge is -2.26. The van der Waals surface area contributed by atoms with Gasteiger partial charge in [-0.05, 0) is 32.9 Å². The summed E-state index contributed by atoms with van der Waals surface area (Å²) in [6.07, 6.45) is 4.04. The molecular weight excluding hydrogens is 210 g/mol. The van der Waals surface area contributed by atoms with Gasteiger partial charge in [0, 0.05) is 12.3 Å². The SMILES string of the molecule is COC(=O)[C@H](C)SCCN1CCCCC1. The van der Waals surface area contributed by atoms with E-state index < -0.39 is 0 Å². The number of methoxy groups -OCH3 is 1. The van der Waals surface area contributed by atoms with Gasteiger partial charge in [-0.15, -0.1) is 11.8 Å². The van der Waals surface area contributed by atoms with Crippen LogP contribution in [0.25, 0.3) is 0 Å². The Labute approximate surface area is 96.5 Å². The maximum atomic E-state index is 11.1. The highest BCUT2D eigenvalue weighted by Crippen LogP contribution is 2.14. The maximum absolute atomic E-state index is 11.1. The fourth-order valence-corrected chi connectivity index (χ4v) is 2.73. The van der Waals surface area contributed by atoms with Crippen LogP contribution in [0.4, 0.5) is 0 Å². The first-order chi connectivity index (χ1) is 7.24. The molecular formula is C11H21NO2S. The molecule has 0 N–H and O–H groups in total. The van der Waals surface area contributed by atoms with Gasteiger partial charge in [-0.2, -0.15) is 0 Å². The number of hydrogen-bond acceptors (Lipinski definition) is 4. The molecule has 1 fully saturated rings. The lowest BCUT2D eigenvalue weighted by molar-refractivity contribution is -0.139. The smallest absolute Gasteiger partial charge is 0.318 e. The lowest BCUT2D eigenvalue weighted by Crippen LogP contribution is -2.32. The number of hydrogen-bond donors (Lipinski definition) is 0. The summed E-state index contributed by atoms with van der Waals surface area (Å²) in [6.45, 7) is 5.47. The highest BCUT2D eigenvalue weighted by atomic mass is 32.2. The Kier molecular flexibility index (Phi) is 6.10. The van der Waals surface area contributed by atoms with Crippen LogP contribution in [-0.4, -0.2) is 48.6 Å². The third-order valence-electron chi connectivity index (χ3n) is 2.76. The molecule has 1 aliphatic rings. The highest BCUT2D eigenvalue weighted by molar-refractivity contribution is 8.00. The zero-order valence-corrected chi connectivity index (χ0v) is 10.5. The third kappa shape index (κ3) is 4.89. The Balaban J connectivity index is 2.07. The van der Waals surface area contributed by atoms with Gasteiger partial charge in [0.15, 0.2) is 0 Å². The summed E-state index contributed by atoms with van der Waals surface area (Å²) in [6, 6.07) is 0. The van der Waals surface area contributed by atoms with Crippen molar-refractivity contribution in [1.82, 2.24) is 4.90 Å². The molecule has 1 heterocycles. The molecule has 1 aliphatic heterocycles. The van der Waals surface area contributed by atoms with Crippen molar-refractivity contribution in [3.63, 3.8) is 0 Å². The summed E-state index contributed by atoms with van der Waals surface area (Å²) in [5.41, 5.74) is 0. The van der Waals surface area contributed by atoms with Crippen LogP contribution in [-0.2, 0) is 9.53 Å². The number of thioether (sulfide) groups is 1.